The number of rotatable bonds is 9. The first kappa shape index (κ1) is 24.6. The molecule has 1 saturated heterocycles. The maximum Gasteiger partial charge on any atom is 0.254 e. The Labute approximate surface area is 195 Å². The van der Waals surface area contributed by atoms with Crippen molar-refractivity contribution in [1.82, 2.24) is 9.80 Å². The minimum atomic E-state index is -0.299. The Morgan fingerprint density at radius 1 is 1.27 bits per heavy atom. The van der Waals surface area contributed by atoms with Crippen LogP contribution < -0.4 is 9.47 Å². The summed E-state index contributed by atoms with van der Waals surface area (Å²) in [5.74, 6) is -0.214. The van der Waals surface area contributed by atoms with Gasteiger partial charge < -0.3 is 24.4 Å². The molecule has 0 saturated carbocycles. The molecule has 1 N–H and O–H groups in total. The summed E-state index contributed by atoms with van der Waals surface area (Å²) in [7, 11) is 5.00. The molecule has 1 aliphatic rings. The molecular formula is C26H33FN2O4. The molecule has 3 rings (SSSR count). The number of phenols is 1. The maximum atomic E-state index is 14.1. The lowest BCUT2D eigenvalue weighted by Gasteiger charge is -2.27. The fourth-order valence-electron chi connectivity index (χ4n) is 4.36. The number of nitrogens with zero attached hydrogens (tertiary/aromatic N) is 2. The van der Waals surface area contributed by atoms with Crippen LogP contribution in [0.4, 0.5) is 4.39 Å². The number of halogens is 1. The molecule has 1 heterocycles. The van der Waals surface area contributed by atoms with Crippen LogP contribution >= 0.6 is 0 Å². The highest BCUT2D eigenvalue weighted by molar-refractivity contribution is 5.96. The predicted molar refractivity (Wildman–Crippen MR) is 127 cm³/mol. The monoisotopic (exact) mass is 456 g/mol. The van der Waals surface area contributed by atoms with Crippen molar-refractivity contribution in [1.29, 1.82) is 0 Å². The van der Waals surface area contributed by atoms with Crippen molar-refractivity contribution in [3.05, 3.63) is 58.9 Å². The second kappa shape index (κ2) is 11.2. The van der Waals surface area contributed by atoms with Gasteiger partial charge in [-0.05, 0) is 58.0 Å². The van der Waals surface area contributed by atoms with Crippen molar-refractivity contribution >= 4 is 12.0 Å². The Morgan fingerprint density at radius 2 is 2.03 bits per heavy atom. The Morgan fingerprint density at radius 3 is 2.67 bits per heavy atom. The first-order valence-electron chi connectivity index (χ1n) is 11.2. The van der Waals surface area contributed by atoms with E-state index in [1.165, 1.54) is 26.4 Å². The molecule has 33 heavy (non-hydrogen) atoms. The van der Waals surface area contributed by atoms with Gasteiger partial charge in [-0.3, -0.25) is 4.79 Å². The second-order valence-electron chi connectivity index (χ2n) is 8.54. The standard InChI is InChI=1S/C26H33FN2O4/c1-18(14-19-8-5-6-10-22(19)27)17-29(13-11-21-9-7-12-28(21)2)26(31)20-15-23(30)25(33-4)24(16-20)32-3/h5-6,8,10,14-16,21,30H,7,9,11-13,17H2,1-4H3/b18-14+. The van der Waals surface area contributed by atoms with Gasteiger partial charge in [-0.1, -0.05) is 29.8 Å². The second-order valence-corrected chi connectivity index (χ2v) is 8.54. The van der Waals surface area contributed by atoms with Gasteiger partial charge >= 0.3 is 0 Å². The Bertz CT molecular complexity index is 1010. The quantitative estimate of drug-likeness (QED) is 0.599. The van der Waals surface area contributed by atoms with Crippen molar-refractivity contribution in [2.24, 2.45) is 0 Å². The van der Waals surface area contributed by atoms with Crippen molar-refractivity contribution in [2.75, 3.05) is 40.9 Å². The van der Waals surface area contributed by atoms with Crippen molar-refractivity contribution < 1.29 is 23.8 Å². The summed E-state index contributed by atoms with van der Waals surface area (Å²) in [4.78, 5) is 17.6. The van der Waals surface area contributed by atoms with Gasteiger partial charge in [0.2, 0.25) is 5.75 Å². The number of methoxy groups -OCH3 is 2. The molecule has 0 spiro atoms. The molecule has 0 aromatic heterocycles. The fraction of sp³-hybridized carbons (Fsp3) is 0.423. The van der Waals surface area contributed by atoms with Gasteiger partial charge in [-0.25, -0.2) is 4.39 Å². The van der Waals surface area contributed by atoms with Gasteiger partial charge in [-0.15, -0.1) is 0 Å². The zero-order valence-electron chi connectivity index (χ0n) is 19.8. The molecule has 1 fully saturated rings. The third-order valence-corrected chi connectivity index (χ3v) is 6.14. The Balaban J connectivity index is 1.86. The van der Waals surface area contributed by atoms with Crippen LogP contribution in [0, 0.1) is 5.82 Å². The van der Waals surface area contributed by atoms with E-state index in [1.807, 2.05) is 6.92 Å². The molecule has 1 unspecified atom stereocenters. The average molecular weight is 457 g/mol. The number of benzene rings is 2. The van der Waals surface area contributed by atoms with Gasteiger partial charge in [0.25, 0.3) is 5.91 Å². The van der Waals surface area contributed by atoms with Gasteiger partial charge in [-0.2, -0.15) is 0 Å². The number of likely N-dealkylation sites (tertiary alicyclic amines) is 1. The topological polar surface area (TPSA) is 62.2 Å². The van der Waals surface area contributed by atoms with Crippen LogP contribution in [0.15, 0.2) is 42.0 Å². The highest BCUT2D eigenvalue weighted by Gasteiger charge is 2.25. The van der Waals surface area contributed by atoms with Crippen molar-refractivity contribution in [3.8, 4) is 17.2 Å². The summed E-state index contributed by atoms with van der Waals surface area (Å²) in [5, 5.41) is 10.3. The number of aromatic hydroxyl groups is 1. The maximum absolute atomic E-state index is 14.1. The van der Waals surface area contributed by atoms with Crippen LogP contribution in [-0.2, 0) is 0 Å². The molecular weight excluding hydrogens is 423 g/mol. The van der Waals surface area contributed by atoms with E-state index < -0.39 is 0 Å². The van der Waals surface area contributed by atoms with Crippen LogP contribution in [0.5, 0.6) is 17.2 Å². The third kappa shape index (κ3) is 6.05. The van der Waals surface area contributed by atoms with E-state index in [4.69, 9.17) is 9.47 Å². The van der Waals surface area contributed by atoms with Crippen LogP contribution in [0.3, 0.4) is 0 Å². The zero-order chi connectivity index (χ0) is 24.0. The summed E-state index contributed by atoms with van der Waals surface area (Å²) >= 11 is 0. The highest BCUT2D eigenvalue weighted by Crippen LogP contribution is 2.37. The molecule has 0 aliphatic carbocycles. The van der Waals surface area contributed by atoms with Crippen LogP contribution in [-0.4, -0.2) is 67.8 Å². The average Bonchev–Trinajstić information content (AvgIpc) is 3.21. The summed E-state index contributed by atoms with van der Waals surface area (Å²) in [6, 6.07) is 9.97. The molecule has 2 aromatic carbocycles. The summed E-state index contributed by atoms with van der Waals surface area (Å²) in [6.45, 7) is 3.85. The van der Waals surface area contributed by atoms with Crippen LogP contribution in [0.1, 0.15) is 42.1 Å². The van der Waals surface area contributed by atoms with Gasteiger partial charge in [0.15, 0.2) is 11.5 Å². The van der Waals surface area contributed by atoms with Crippen molar-refractivity contribution in [2.45, 2.75) is 32.2 Å². The SMILES string of the molecule is COc1cc(C(=O)N(CCC2CCCN2C)C/C(C)=C/c2ccccc2F)cc(O)c1OC. The number of ether oxygens (including phenoxy) is 2. The molecule has 178 valence electrons. The minimum Gasteiger partial charge on any atom is -0.504 e. The lowest BCUT2D eigenvalue weighted by Crippen LogP contribution is -2.37. The molecule has 0 radical (unpaired) electrons. The number of carbonyl (C=O) groups excluding carboxylic acids is 1. The lowest BCUT2D eigenvalue weighted by atomic mass is 10.1. The number of hydrogen-bond acceptors (Lipinski definition) is 5. The number of amides is 1. The third-order valence-electron chi connectivity index (χ3n) is 6.14. The molecule has 1 aliphatic heterocycles. The van der Waals surface area contributed by atoms with E-state index in [2.05, 4.69) is 11.9 Å². The largest absolute Gasteiger partial charge is 0.504 e. The Hall–Kier alpha value is -3.06. The van der Waals surface area contributed by atoms with Gasteiger partial charge in [0.05, 0.1) is 14.2 Å². The Kier molecular flexibility index (Phi) is 8.33. The van der Waals surface area contributed by atoms with E-state index in [0.717, 1.165) is 31.4 Å². The summed E-state index contributed by atoms with van der Waals surface area (Å²) in [6.07, 6.45) is 4.88. The van der Waals surface area contributed by atoms with Crippen molar-refractivity contribution in [3.63, 3.8) is 0 Å². The van der Waals surface area contributed by atoms with E-state index in [0.29, 0.717) is 30.3 Å². The van der Waals surface area contributed by atoms with Crippen LogP contribution in [0.2, 0.25) is 0 Å². The first-order chi connectivity index (χ1) is 15.8. The van der Waals surface area contributed by atoms with E-state index in [1.54, 1.807) is 35.2 Å². The zero-order valence-corrected chi connectivity index (χ0v) is 19.8. The van der Waals surface area contributed by atoms with Crippen LogP contribution in [0.25, 0.3) is 6.08 Å². The van der Waals surface area contributed by atoms with E-state index >= 15 is 0 Å². The summed E-state index contributed by atoms with van der Waals surface area (Å²) in [5.41, 5.74) is 1.66. The molecule has 1 atom stereocenters. The normalized spacial score (nSPS) is 16.6. The highest BCUT2D eigenvalue weighted by atomic mass is 19.1. The number of hydrogen-bond donors (Lipinski definition) is 1. The summed E-state index contributed by atoms with van der Waals surface area (Å²) < 4.78 is 24.6. The van der Waals surface area contributed by atoms with Gasteiger partial charge in [0.1, 0.15) is 5.82 Å². The molecule has 7 heteroatoms. The minimum absolute atomic E-state index is 0.158. The van der Waals surface area contributed by atoms with Gasteiger partial charge in [0, 0.05) is 30.3 Å². The molecule has 1 amide bonds. The molecule has 2 aromatic rings. The molecule has 0 bridgehead atoms. The number of phenolic OH excluding ortho intramolecular Hbond substituents is 1. The predicted octanol–water partition coefficient (Wildman–Crippen LogP) is 4.58. The fourth-order valence-corrected chi connectivity index (χ4v) is 4.36. The first-order valence-corrected chi connectivity index (χ1v) is 11.2. The van der Waals surface area contributed by atoms with E-state index in [9.17, 15) is 14.3 Å². The smallest absolute Gasteiger partial charge is 0.254 e. The number of carbonyl (C=O) groups is 1. The molecule has 6 nitrogen and oxygen atoms in total. The van der Waals surface area contributed by atoms with E-state index in [-0.39, 0.29) is 29.0 Å². The lowest BCUT2D eigenvalue weighted by molar-refractivity contribution is 0.0756.